The molecule has 4 aromatic rings. The molecular weight excluding hydrogens is 753 g/mol. The maximum absolute atomic E-state index is 13.2. The fourth-order valence-corrected chi connectivity index (χ4v) is 9.40. The minimum Gasteiger partial charge on any atom is -0.491 e. The molecule has 12 heteroatoms. The predicted molar refractivity (Wildman–Crippen MR) is 233 cm³/mol. The molecule has 0 saturated carbocycles. The van der Waals surface area contributed by atoms with Crippen molar-refractivity contribution >= 4 is 34.9 Å². The zero-order chi connectivity index (χ0) is 41.8. The minimum atomic E-state index is -0.591. The molecule has 3 aromatic carbocycles. The molecule has 312 valence electrons. The van der Waals surface area contributed by atoms with Crippen molar-refractivity contribution in [2.45, 2.75) is 83.3 Å². The number of nitriles is 1. The van der Waals surface area contributed by atoms with Crippen molar-refractivity contribution in [3.05, 3.63) is 101 Å². The topological polar surface area (TPSA) is 157 Å². The maximum atomic E-state index is 13.2. The molecule has 60 heavy (non-hydrogen) atoms. The van der Waals surface area contributed by atoms with E-state index in [1.54, 1.807) is 11.1 Å². The van der Waals surface area contributed by atoms with Crippen LogP contribution in [0, 0.1) is 23.2 Å². The monoisotopic (exact) mass is 808 g/mol. The van der Waals surface area contributed by atoms with Gasteiger partial charge in [0.1, 0.15) is 30.3 Å². The number of nitrogens with zero attached hydrogens (tertiary/aromatic N) is 5. The number of pyridine rings is 1. The molecule has 0 spiro atoms. The fourth-order valence-electron chi connectivity index (χ4n) is 9.40. The first-order chi connectivity index (χ1) is 29.1. The van der Waals surface area contributed by atoms with Gasteiger partial charge >= 0.3 is 0 Å². The van der Waals surface area contributed by atoms with Crippen molar-refractivity contribution in [3.63, 3.8) is 0 Å². The van der Waals surface area contributed by atoms with E-state index in [1.165, 1.54) is 5.56 Å². The average molecular weight is 809 g/mol. The standard InChI is InChI=1S/C48H56N8O4/c1-31(2)23-39(50)30-60-44-11-5-35(24-37(44)27-49)36-13-18-51-45(26-36)52-40-6-3-33(4-7-40)34-16-19-54(20-17-34)28-32-14-21-55(22-15-32)41-8-9-42-38(25-41)29-56(48(42)59)43-10-12-46(57)53-47(43)58/h3-9,11,13,18,24-26,31-32,34,39,43H,10,12,14-17,19-23,28-30,50H2,1-2H3,(H,51,52)(H,53,57,58)/t39-,43?/m0/s1. The molecule has 4 N–H and O–H groups in total. The molecule has 3 amide bonds. The normalized spacial score (nSPS) is 19.6. The van der Waals surface area contributed by atoms with Crippen LogP contribution in [-0.2, 0) is 16.1 Å². The van der Waals surface area contributed by atoms with Gasteiger partial charge in [0.05, 0.1) is 5.56 Å². The lowest BCUT2D eigenvalue weighted by molar-refractivity contribution is -0.136. The van der Waals surface area contributed by atoms with Crippen LogP contribution < -0.4 is 26.0 Å². The molecule has 1 aromatic heterocycles. The number of piperidine rings is 3. The van der Waals surface area contributed by atoms with Gasteiger partial charge in [-0.1, -0.05) is 32.0 Å². The van der Waals surface area contributed by atoms with Crippen LogP contribution in [0.1, 0.15) is 91.8 Å². The van der Waals surface area contributed by atoms with E-state index in [4.69, 9.17) is 10.5 Å². The number of amides is 3. The molecule has 3 fully saturated rings. The molecule has 12 nitrogen and oxygen atoms in total. The van der Waals surface area contributed by atoms with Crippen molar-refractivity contribution in [1.82, 2.24) is 20.1 Å². The molecular formula is C48H56N8O4. The second kappa shape index (κ2) is 18.2. The summed E-state index contributed by atoms with van der Waals surface area (Å²) in [5.74, 6) is 2.21. The Morgan fingerprint density at radius 2 is 1.68 bits per heavy atom. The molecule has 4 aliphatic heterocycles. The smallest absolute Gasteiger partial charge is 0.255 e. The highest BCUT2D eigenvalue weighted by Crippen LogP contribution is 2.35. The van der Waals surface area contributed by atoms with Crippen LogP contribution in [0.2, 0.25) is 0 Å². The van der Waals surface area contributed by atoms with Crippen LogP contribution in [-0.4, -0.2) is 83.9 Å². The third-order valence-electron chi connectivity index (χ3n) is 12.7. The Balaban J connectivity index is 0.783. The Morgan fingerprint density at radius 3 is 2.42 bits per heavy atom. The molecule has 5 heterocycles. The van der Waals surface area contributed by atoms with E-state index in [0.29, 0.717) is 54.2 Å². The molecule has 4 aliphatic rings. The summed E-state index contributed by atoms with van der Waals surface area (Å²) in [6.07, 6.45) is 7.86. The number of aromatic nitrogens is 1. The van der Waals surface area contributed by atoms with Gasteiger partial charge in [0.2, 0.25) is 11.8 Å². The third kappa shape index (κ3) is 9.48. The highest BCUT2D eigenvalue weighted by Gasteiger charge is 2.39. The van der Waals surface area contributed by atoms with Crippen LogP contribution in [0.25, 0.3) is 11.1 Å². The van der Waals surface area contributed by atoms with Crippen molar-refractivity contribution in [3.8, 4) is 22.9 Å². The van der Waals surface area contributed by atoms with E-state index in [0.717, 1.165) is 98.7 Å². The predicted octanol–water partition coefficient (Wildman–Crippen LogP) is 6.97. The number of hydrogen-bond acceptors (Lipinski definition) is 10. The Labute approximate surface area is 353 Å². The maximum Gasteiger partial charge on any atom is 0.255 e. The van der Waals surface area contributed by atoms with E-state index in [9.17, 15) is 19.6 Å². The van der Waals surface area contributed by atoms with Crippen LogP contribution in [0.3, 0.4) is 0 Å². The number of likely N-dealkylation sites (tertiary alicyclic amines) is 1. The highest BCUT2D eigenvalue weighted by molar-refractivity contribution is 6.05. The second-order valence-electron chi connectivity index (χ2n) is 17.4. The summed E-state index contributed by atoms with van der Waals surface area (Å²) in [5.41, 5.74) is 13.7. The molecule has 0 radical (unpaired) electrons. The summed E-state index contributed by atoms with van der Waals surface area (Å²) in [7, 11) is 0. The summed E-state index contributed by atoms with van der Waals surface area (Å²) in [6, 6.07) is 26.1. The largest absolute Gasteiger partial charge is 0.491 e. The summed E-state index contributed by atoms with van der Waals surface area (Å²) >= 11 is 0. The number of carbonyl (C=O) groups is 3. The van der Waals surface area contributed by atoms with Crippen LogP contribution in [0.4, 0.5) is 17.2 Å². The number of ether oxygens (including phenoxy) is 1. The summed E-state index contributed by atoms with van der Waals surface area (Å²) in [4.78, 5) is 48.5. The number of nitrogens with one attached hydrogen (secondary N) is 2. The SMILES string of the molecule is CC(C)C[C@H](N)COc1ccc(-c2ccnc(Nc3ccc(C4CCN(CC5CCN(c6ccc7c(c6)CN(C6CCC(=O)NC6=O)C7=O)CC5)CC4)cc3)c2)cc1C#N. The van der Waals surface area contributed by atoms with Gasteiger partial charge in [-0.3, -0.25) is 19.7 Å². The fraction of sp³-hybridized carbons (Fsp3) is 0.438. The number of rotatable bonds is 13. The van der Waals surface area contributed by atoms with E-state index in [-0.39, 0.29) is 30.2 Å². The second-order valence-corrected chi connectivity index (χ2v) is 17.4. The summed E-state index contributed by atoms with van der Waals surface area (Å²) in [5, 5.41) is 15.7. The zero-order valence-electron chi connectivity index (χ0n) is 34.7. The third-order valence-corrected chi connectivity index (χ3v) is 12.7. The van der Waals surface area contributed by atoms with Crippen LogP contribution >= 0.6 is 0 Å². The summed E-state index contributed by atoms with van der Waals surface area (Å²) < 4.78 is 5.92. The number of imide groups is 1. The Hall–Kier alpha value is -5.77. The van der Waals surface area contributed by atoms with Gasteiger partial charge in [0.25, 0.3) is 5.91 Å². The van der Waals surface area contributed by atoms with Crippen molar-refractivity contribution in [2.75, 3.05) is 49.5 Å². The zero-order valence-corrected chi connectivity index (χ0v) is 34.7. The van der Waals surface area contributed by atoms with Gasteiger partial charge in [0, 0.05) is 61.8 Å². The number of hydrogen-bond donors (Lipinski definition) is 3. The summed E-state index contributed by atoms with van der Waals surface area (Å²) in [6.45, 7) is 10.4. The van der Waals surface area contributed by atoms with Crippen molar-refractivity contribution in [2.24, 2.45) is 17.6 Å². The van der Waals surface area contributed by atoms with Gasteiger partial charge in [-0.15, -0.1) is 0 Å². The van der Waals surface area contributed by atoms with E-state index in [1.807, 2.05) is 42.5 Å². The first-order valence-electron chi connectivity index (χ1n) is 21.6. The first kappa shape index (κ1) is 41.0. The lowest BCUT2D eigenvalue weighted by Crippen LogP contribution is -2.52. The Kier molecular flexibility index (Phi) is 12.5. The molecule has 3 saturated heterocycles. The minimum absolute atomic E-state index is 0.0781. The Bertz CT molecular complexity index is 2240. The number of nitrogens with two attached hydrogens (primary N) is 1. The molecule has 0 bridgehead atoms. The lowest BCUT2D eigenvalue weighted by Gasteiger charge is -2.38. The van der Waals surface area contributed by atoms with Gasteiger partial charge in [0.15, 0.2) is 0 Å². The van der Waals surface area contributed by atoms with Gasteiger partial charge in [-0.25, -0.2) is 4.98 Å². The van der Waals surface area contributed by atoms with Gasteiger partial charge in [-0.05, 0) is 146 Å². The first-order valence-corrected chi connectivity index (χ1v) is 21.6. The van der Waals surface area contributed by atoms with Crippen molar-refractivity contribution in [1.29, 1.82) is 5.26 Å². The van der Waals surface area contributed by atoms with Gasteiger partial charge in [-0.2, -0.15) is 5.26 Å². The molecule has 8 rings (SSSR count). The number of anilines is 3. The van der Waals surface area contributed by atoms with E-state index < -0.39 is 6.04 Å². The van der Waals surface area contributed by atoms with E-state index in [2.05, 4.69) is 75.7 Å². The molecule has 0 aliphatic carbocycles. The van der Waals surface area contributed by atoms with Crippen LogP contribution in [0.15, 0.2) is 79.0 Å². The molecule has 2 atom stereocenters. The van der Waals surface area contributed by atoms with Crippen molar-refractivity contribution < 1.29 is 19.1 Å². The Morgan fingerprint density at radius 1 is 0.917 bits per heavy atom. The van der Waals surface area contributed by atoms with Crippen LogP contribution in [0.5, 0.6) is 5.75 Å². The lowest BCUT2D eigenvalue weighted by atomic mass is 9.88. The average Bonchev–Trinajstić information content (AvgIpc) is 3.58. The van der Waals surface area contributed by atoms with E-state index >= 15 is 0 Å². The number of fused-ring (bicyclic) bond motifs is 1. The highest BCUT2D eigenvalue weighted by atomic mass is 16.5. The molecule has 1 unspecified atom stereocenters. The number of benzene rings is 3. The quantitative estimate of drug-likeness (QED) is 0.121. The number of carbonyl (C=O) groups excluding carboxylic acids is 3. The van der Waals surface area contributed by atoms with Gasteiger partial charge < -0.3 is 30.5 Å².